The van der Waals surface area contributed by atoms with Crippen molar-refractivity contribution in [2.24, 2.45) is 11.7 Å². The van der Waals surface area contributed by atoms with Crippen LogP contribution in [0.1, 0.15) is 38.3 Å². The predicted molar refractivity (Wildman–Crippen MR) is 69.7 cm³/mol. The lowest BCUT2D eigenvalue weighted by atomic mass is 10.0. The zero-order chi connectivity index (χ0) is 11.5. The molecule has 2 rings (SSSR count). The van der Waals surface area contributed by atoms with Crippen molar-refractivity contribution in [1.82, 2.24) is 0 Å². The van der Waals surface area contributed by atoms with Crippen LogP contribution in [-0.4, -0.2) is 13.1 Å². The Bertz CT molecular complexity index is 302. The van der Waals surface area contributed by atoms with Gasteiger partial charge in [0.05, 0.1) is 0 Å². The third kappa shape index (κ3) is 2.38. The fraction of sp³-hybridized carbons (Fsp3) is 0.571. The Balaban J connectivity index is 2.08. The Morgan fingerprint density at radius 2 is 1.75 bits per heavy atom. The summed E-state index contributed by atoms with van der Waals surface area (Å²) in [5.74, 6) is 0.735. The summed E-state index contributed by atoms with van der Waals surface area (Å²) in [6.45, 7) is 6.50. The summed E-state index contributed by atoms with van der Waals surface area (Å²) >= 11 is 0. The second-order valence-electron chi connectivity index (χ2n) is 4.63. The Hall–Kier alpha value is -1.02. The van der Waals surface area contributed by atoms with E-state index < -0.39 is 0 Å². The lowest BCUT2D eigenvalue weighted by molar-refractivity contribution is 0.633. The summed E-state index contributed by atoms with van der Waals surface area (Å²) in [6, 6.07) is 9.04. The van der Waals surface area contributed by atoms with Crippen molar-refractivity contribution < 1.29 is 0 Å². The van der Waals surface area contributed by atoms with Gasteiger partial charge in [-0.15, -0.1) is 0 Å². The van der Waals surface area contributed by atoms with E-state index in [1.165, 1.54) is 24.1 Å². The highest BCUT2D eigenvalue weighted by atomic mass is 15.1. The van der Waals surface area contributed by atoms with Gasteiger partial charge < -0.3 is 10.6 Å². The molecule has 0 aliphatic heterocycles. The van der Waals surface area contributed by atoms with Crippen LogP contribution < -0.4 is 10.6 Å². The number of nitrogens with zero attached hydrogens (tertiary/aromatic N) is 1. The summed E-state index contributed by atoms with van der Waals surface area (Å²) in [4.78, 5) is 2.35. The van der Waals surface area contributed by atoms with E-state index in [-0.39, 0.29) is 6.04 Å². The molecule has 16 heavy (non-hydrogen) atoms. The average molecular weight is 218 g/mol. The third-order valence-corrected chi connectivity index (χ3v) is 3.54. The maximum atomic E-state index is 6.18. The van der Waals surface area contributed by atoms with Gasteiger partial charge in [0, 0.05) is 24.8 Å². The first-order chi connectivity index (χ1) is 7.76. The smallest absolute Gasteiger partial charge is 0.0366 e. The standard InChI is InChI=1S/C14H22N2/c1-3-16(4-2)13-9-7-12(8-10-13)14(15)11-5-6-11/h7-11,14H,3-6,15H2,1-2H3. The molecule has 0 saturated heterocycles. The molecule has 0 spiro atoms. The molecule has 1 atom stereocenters. The highest BCUT2D eigenvalue weighted by molar-refractivity contribution is 5.47. The molecule has 2 nitrogen and oxygen atoms in total. The Morgan fingerprint density at radius 3 is 2.19 bits per heavy atom. The quantitative estimate of drug-likeness (QED) is 0.823. The van der Waals surface area contributed by atoms with Crippen LogP contribution in [-0.2, 0) is 0 Å². The molecule has 0 heterocycles. The molecule has 88 valence electrons. The Kier molecular flexibility index (Phi) is 3.49. The van der Waals surface area contributed by atoms with Crippen LogP contribution in [0.4, 0.5) is 5.69 Å². The Labute approximate surface area is 98.4 Å². The van der Waals surface area contributed by atoms with Crippen LogP contribution in [0.3, 0.4) is 0 Å². The molecule has 2 heteroatoms. The summed E-state index contributed by atoms with van der Waals surface area (Å²) in [5.41, 5.74) is 8.77. The van der Waals surface area contributed by atoms with Crippen molar-refractivity contribution >= 4 is 5.69 Å². The van der Waals surface area contributed by atoms with Gasteiger partial charge in [0.1, 0.15) is 0 Å². The van der Waals surface area contributed by atoms with Crippen molar-refractivity contribution in [1.29, 1.82) is 0 Å². The van der Waals surface area contributed by atoms with Gasteiger partial charge in [-0.2, -0.15) is 0 Å². The SMILES string of the molecule is CCN(CC)c1ccc(C(N)C2CC2)cc1. The van der Waals surface area contributed by atoms with Crippen molar-refractivity contribution in [3.8, 4) is 0 Å². The van der Waals surface area contributed by atoms with E-state index in [2.05, 4.69) is 43.0 Å². The predicted octanol–water partition coefficient (Wildman–Crippen LogP) is 2.94. The van der Waals surface area contributed by atoms with Gasteiger partial charge in [-0.05, 0) is 50.3 Å². The zero-order valence-electron chi connectivity index (χ0n) is 10.3. The summed E-state index contributed by atoms with van der Waals surface area (Å²) < 4.78 is 0. The fourth-order valence-electron chi connectivity index (χ4n) is 2.22. The fourth-order valence-corrected chi connectivity index (χ4v) is 2.22. The minimum absolute atomic E-state index is 0.255. The molecular formula is C14H22N2. The molecule has 1 saturated carbocycles. The zero-order valence-corrected chi connectivity index (χ0v) is 10.3. The molecular weight excluding hydrogens is 196 g/mol. The van der Waals surface area contributed by atoms with E-state index in [4.69, 9.17) is 5.73 Å². The van der Waals surface area contributed by atoms with Crippen molar-refractivity contribution in [2.75, 3.05) is 18.0 Å². The molecule has 1 aromatic rings. The number of nitrogens with two attached hydrogens (primary N) is 1. The second kappa shape index (κ2) is 4.88. The topological polar surface area (TPSA) is 29.3 Å². The largest absolute Gasteiger partial charge is 0.372 e. The lowest BCUT2D eigenvalue weighted by Gasteiger charge is -2.21. The van der Waals surface area contributed by atoms with E-state index in [0.717, 1.165) is 19.0 Å². The minimum atomic E-state index is 0.255. The van der Waals surface area contributed by atoms with Crippen LogP contribution in [0.15, 0.2) is 24.3 Å². The molecule has 1 unspecified atom stereocenters. The monoisotopic (exact) mass is 218 g/mol. The molecule has 0 aromatic heterocycles. The molecule has 2 N–H and O–H groups in total. The van der Waals surface area contributed by atoms with Gasteiger partial charge >= 0.3 is 0 Å². The van der Waals surface area contributed by atoms with Gasteiger partial charge in [-0.25, -0.2) is 0 Å². The molecule has 0 amide bonds. The molecule has 1 fully saturated rings. The van der Waals surface area contributed by atoms with E-state index in [0.29, 0.717) is 0 Å². The van der Waals surface area contributed by atoms with E-state index in [1.807, 2.05) is 0 Å². The Morgan fingerprint density at radius 1 is 1.19 bits per heavy atom. The maximum absolute atomic E-state index is 6.18. The van der Waals surface area contributed by atoms with Crippen LogP contribution in [0, 0.1) is 5.92 Å². The summed E-state index contributed by atoms with van der Waals surface area (Å²) in [7, 11) is 0. The number of hydrogen-bond donors (Lipinski definition) is 1. The van der Waals surface area contributed by atoms with Gasteiger partial charge in [0.2, 0.25) is 0 Å². The maximum Gasteiger partial charge on any atom is 0.0366 e. The van der Waals surface area contributed by atoms with Gasteiger partial charge in [0.25, 0.3) is 0 Å². The van der Waals surface area contributed by atoms with Crippen molar-refractivity contribution in [3.63, 3.8) is 0 Å². The molecule has 0 radical (unpaired) electrons. The number of benzene rings is 1. The highest BCUT2D eigenvalue weighted by Gasteiger charge is 2.29. The molecule has 0 bridgehead atoms. The highest BCUT2D eigenvalue weighted by Crippen LogP contribution is 2.39. The average Bonchev–Trinajstić information content (AvgIpc) is 3.15. The van der Waals surface area contributed by atoms with Crippen LogP contribution >= 0.6 is 0 Å². The van der Waals surface area contributed by atoms with Gasteiger partial charge in [-0.1, -0.05) is 12.1 Å². The third-order valence-electron chi connectivity index (χ3n) is 3.54. The lowest BCUT2D eigenvalue weighted by Crippen LogP contribution is -2.21. The first-order valence-electron chi connectivity index (χ1n) is 6.36. The molecule has 1 aromatic carbocycles. The number of hydrogen-bond acceptors (Lipinski definition) is 2. The molecule has 1 aliphatic carbocycles. The van der Waals surface area contributed by atoms with E-state index >= 15 is 0 Å². The van der Waals surface area contributed by atoms with Crippen LogP contribution in [0.25, 0.3) is 0 Å². The minimum Gasteiger partial charge on any atom is -0.372 e. The first kappa shape index (κ1) is 11.5. The normalized spacial score (nSPS) is 17.2. The van der Waals surface area contributed by atoms with Gasteiger partial charge in [-0.3, -0.25) is 0 Å². The van der Waals surface area contributed by atoms with Gasteiger partial charge in [0.15, 0.2) is 0 Å². The van der Waals surface area contributed by atoms with E-state index in [9.17, 15) is 0 Å². The first-order valence-corrected chi connectivity index (χ1v) is 6.36. The summed E-state index contributed by atoms with van der Waals surface area (Å²) in [6.07, 6.45) is 2.61. The summed E-state index contributed by atoms with van der Waals surface area (Å²) in [5, 5.41) is 0. The van der Waals surface area contributed by atoms with Crippen LogP contribution in [0.2, 0.25) is 0 Å². The second-order valence-corrected chi connectivity index (χ2v) is 4.63. The van der Waals surface area contributed by atoms with Crippen molar-refractivity contribution in [3.05, 3.63) is 29.8 Å². The van der Waals surface area contributed by atoms with Crippen molar-refractivity contribution in [2.45, 2.75) is 32.7 Å². The number of anilines is 1. The molecule has 1 aliphatic rings. The van der Waals surface area contributed by atoms with E-state index in [1.54, 1.807) is 0 Å². The number of rotatable bonds is 5. The van der Waals surface area contributed by atoms with Crippen LogP contribution in [0.5, 0.6) is 0 Å².